The normalized spacial score (nSPS) is 17.8. The molecule has 1 aromatic carbocycles. The van der Waals surface area contributed by atoms with Crippen LogP contribution in [-0.4, -0.2) is 42.3 Å². The van der Waals surface area contributed by atoms with Crippen LogP contribution in [0.4, 0.5) is 5.69 Å². The summed E-state index contributed by atoms with van der Waals surface area (Å²) in [4.78, 5) is 6.40. The summed E-state index contributed by atoms with van der Waals surface area (Å²) in [7, 11) is 4.09. The van der Waals surface area contributed by atoms with Crippen molar-refractivity contribution >= 4 is 34.6 Å². The molecule has 0 bridgehead atoms. The van der Waals surface area contributed by atoms with Crippen molar-refractivity contribution in [1.29, 1.82) is 0 Å². The van der Waals surface area contributed by atoms with Gasteiger partial charge in [-0.05, 0) is 50.0 Å². The number of benzene rings is 1. The van der Waals surface area contributed by atoms with Crippen molar-refractivity contribution in [1.82, 2.24) is 9.80 Å². The monoisotopic (exact) mass is 269 g/mol. The van der Waals surface area contributed by atoms with Gasteiger partial charge in [0, 0.05) is 17.8 Å². The molecule has 0 aromatic heterocycles. The third-order valence-corrected chi connectivity index (χ3v) is 3.61. The molecule has 5 heteroatoms. The first-order valence-corrected chi connectivity index (χ1v) is 6.25. The molecule has 92 valence electrons. The maximum Gasteiger partial charge on any atom is 0.178 e. The highest BCUT2D eigenvalue weighted by Gasteiger charge is 2.24. The van der Waals surface area contributed by atoms with E-state index in [1.807, 2.05) is 25.2 Å². The Balaban J connectivity index is 2.34. The zero-order valence-corrected chi connectivity index (χ0v) is 11.8. The maximum absolute atomic E-state index is 5.98. The molecule has 2 rings (SSSR count). The van der Waals surface area contributed by atoms with Gasteiger partial charge < -0.3 is 9.80 Å². The van der Waals surface area contributed by atoms with Crippen molar-refractivity contribution in [3.63, 3.8) is 0 Å². The summed E-state index contributed by atoms with van der Waals surface area (Å²) in [6.07, 6.45) is 0. The SMILES string of the molecule is Cc1cc(Cl)ccc1N1CN(C)CN(C)C1=S. The molecule has 0 aliphatic carbocycles. The number of hydrogen-bond acceptors (Lipinski definition) is 2. The molecule has 3 nitrogen and oxygen atoms in total. The molecule has 1 heterocycles. The lowest BCUT2D eigenvalue weighted by atomic mass is 10.2. The lowest BCUT2D eigenvalue weighted by Gasteiger charge is -2.41. The van der Waals surface area contributed by atoms with Crippen LogP contribution in [0.25, 0.3) is 0 Å². The van der Waals surface area contributed by atoms with Crippen molar-refractivity contribution in [2.75, 3.05) is 32.3 Å². The average Bonchev–Trinajstić information content (AvgIpc) is 2.24. The molecule has 0 atom stereocenters. The quantitative estimate of drug-likeness (QED) is 0.725. The fourth-order valence-corrected chi connectivity index (χ4v) is 2.52. The molecule has 0 saturated carbocycles. The third kappa shape index (κ3) is 2.54. The van der Waals surface area contributed by atoms with Crippen molar-refractivity contribution in [2.24, 2.45) is 0 Å². The number of halogens is 1. The maximum atomic E-state index is 5.98. The van der Waals surface area contributed by atoms with Crippen LogP contribution in [0, 0.1) is 6.92 Å². The van der Waals surface area contributed by atoms with E-state index in [2.05, 4.69) is 28.7 Å². The van der Waals surface area contributed by atoms with Gasteiger partial charge in [0.2, 0.25) is 0 Å². The van der Waals surface area contributed by atoms with E-state index in [0.29, 0.717) is 0 Å². The first kappa shape index (κ1) is 12.6. The van der Waals surface area contributed by atoms with Crippen molar-refractivity contribution in [3.05, 3.63) is 28.8 Å². The van der Waals surface area contributed by atoms with Gasteiger partial charge in [0.25, 0.3) is 0 Å². The summed E-state index contributed by atoms with van der Waals surface area (Å²) < 4.78 is 0. The summed E-state index contributed by atoms with van der Waals surface area (Å²) in [6, 6.07) is 5.90. The van der Waals surface area contributed by atoms with Crippen molar-refractivity contribution in [3.8, 4) is 0 Å². The molecule has 1 aliphatic heterocycles. The van der Waals surface area contributed by atoms with Gasteiger partial charge in [0.15, 0.2) is 5.11 Å². The number of anilines is 1. The van der Waals surface area contributed by atoms with Gasteiger partial charge in [0.05, 0.1) is 13.3 Å². The van der Waals surface area contributed by atoms with Gasteiger partial charge in [-0.15, -0.1) is 0 Å². The standard InChI is InChI=1S/C12H16ClN3S/c1-9-6-10(13)4-5-11(9)16-8-14(2)7-15(3)12(16)17/h4-6H,7-8H2,1-3H3. The molecule has 0 unspecified atom stereocenters. The minimum absolute atomic E-state index is 0.760. The zero-order chi connectivity index (χ0) is 12.6. The lowest BCUT2D eigenvalue weighted by molar-refractivity contribution is 0.224. The van der Waals surface area contributed by atoms with E-state index in [-0.39, 0.29) is 0 Å². The first-order chi connectivity index (χ1) is 7.99. The topological polar surface area (TPSA) is 9.72 Å². The Bertz CT molecular complexity index is 449. The molecule has 1 fully saturated rings. The van der Waals surface area contributed by atoms with Gasteiger partial charge in [0.1, 0.15) is 0 Å². The summed E-state index contributed by atoms with van der Waals surface area (Å²) >= 11 is 11.4. The van der Waals surface area contributed by atoms with E-state index in [4.69, 9.17) is 23.8 Å². The lowest BCUT2D eigenvalue weighted by Crippen LogP contribution is -2.55. The van der Waals surface area contributed by atoms with Gasteiger partial charge in [-0.2, -0.15) is 0 Å². The minimum atomic E-state index is 0.760. The second-order valence-corrected chi connectivity index (χ2v) is 5.28. The molecule has 1 aliphatic rings. The van der Waals surface area contributed by atoms with E-state index < -0.39 is 0 Å². The first-order valence-electron chi connectivity index (χ1n) is 5.46. The van der Waals surface area contributed by atoms with Gasteiger partial charge in [-0.3, -0.25) is 4.90 Å². The smallest absolute Gasteiger partial charge is 0.178 e. The fraction of sp³-hybridized carbons (Fsp3) is 0.417. The predicted molar refractivity (Wildman–Crippen MR) is 76.5 cm³/mol. The number of rotatable bonds is 1. The van der Waals surface area contributed by atoms with Gasteiger partial charge >= 0.3 is 0 Å². The largest absolute Gasteiger partial charge is 0.339 e. The predicted octanol–water partition coefficient (Wildman–Crippen LogP) is 2.53. The molecule has 1 aromatic rings. The second-order valence-electron chi connectivity index (χ2n) is 4.48. The number of thiocarbonyl (C=S) groups is 1. The van der Waals surface area contributed by atoms with Crippen LogP contribution >= 0.6 is 23.8 Å². The molecule has 1 saturated heterocycles. The summed E-state index contributed by atoms with van der Waals surface area (Å²) in [6.45, 7) is 3.73. The molecule has 0 amide bonds. The van der Waals surface area contributed by atoms with E-state index >= 15 is 0 Å². The zero-order valence-electron chi connectivity index (χ0n) is 10.3. The van der Waals surface area contributed by atoms with Crippen LogP contribution in [0.1, 0.15) is 5.56 Å². The second kappa shape index (κ2) is 4.80. The van der Waals surface area contributed by atoms with Crippen LogP contribution in [-0.2, 0) is 0 Å². The van der Waals surface area contributed by atoms with Crippen molar-refractivity contribution in [2.45, 2.75) is 6.92 Å². The van der Waals surface area contributed by atoms with Crippen LogP contribution in [0.2, 0.25) is 5.02 Å². The Morgan fingerprint density at radius 2 is 1.94 bits per heavy atom. The van der Waals surface area contributed by atoms with Gasteiger partial charge in [-0.25, -0.2) is 0 Å². The number of hydrogen-bond donors (Lipinski definition) is 0. The van der Waals surface area contributed by atoms with Crippen molar-refractivity contribution < 1.29 is 0 Å². The molecular formula is C12H16ClN3S. The minimum Gasteiger partial charge on any atom is -0.339 e. The Hall–Kier alpha value is -0.840. The third-order valence-electron chi connectivity index (χ3n) is 2.84. The van der Waals surface area contributed by atoms with E-state index in [0.717, 1.165) is 34.7 Å². The van der Waals surface area contributed by atoms with Crippen LogP contribution in [0.3, 0.4) is 0 Å². The molecular weight excluding hydrogens is 254 g/mol. The Morgan fingerprint density at radius 1 is 1.24 bits per heavy atom. The molecule has 0 radical (unpaired) electrons. The summed E-state index contributed by atoms with van der Waals surface area (Å²) in [5.41, 5.74) is 2.27. The van der Waals surface area contributed by atoms with Crippen LogP contribution < -0.4 is 4.90 Å². The highest BCUT2D eigenvalue weighted by atomic mass is 35.5. The molecule has 0 N–H and O–H groups in total. The van der Waals surface area contributed by atoms with E-state index in [1.165, 1.54) is 0 Å². The van der Waals surface area contributed by atoms with Gasteiger partial charge in [-0.1, -0.05) is 11.6 Å². The van der Waals surface area contributed by atoms with E-state index in [9.17, 15) is 0 Å². The van der Waals surface area contributed by atoms with E-state index in [1.54, 1.807) is 0 Å². The highest BCUT2D eigenvalue weighted by Crippen LogP contribution is 2.26. The summed E-state index contributed by atoms with van der Waals surface area (Å²) in [5, 5.41) is 1.62. The fourth-order valence-electron chi connectivity index (χ4n) is 2.08. The molecule has 0 spiro atoms. The number of nitrogens with zero attached hydrogens (tertiary/aromatic N) is 3. The van der Waals surface area contributed by atoms with Crippen LogP contribution in [0.15, 0.2) is 18.2 Å². The highest BCUT2D eigenvalue weighted by molar-refractivity contribution is 7.80. The van der Waals surface area contributed by atoms with Crippen LogP contribution in [0.5, 0.6) is 0 Å². The Kier molecular flexibility index (Phi) is 3.56. The number of aryl methyl sites for hydroxylation is 1. The Morgan fingerprint density at radius 3 is 2.59 bits per heavy atom. The molecule has 17 heavy (non-hydrogen) atoms. The summed E-state index contributed by atoms with van der Waals surface area (Å²) in [5.74, 6) is 0. The Labute approximate surface area is 113 Å². The average molecular weight is 270 g/mol.